The molecule has 0 saturated heterocycles. The number of hydrogen-bond acceptors (Lipinski definition) is 3. The van der Waals surface area contributed by atoms with E-state index in [0.29, 0.717) is 6.54 Å². The van der Waals surface area contributed by atoms with Gasteiger partial charge in [-0.15, -0.1) is 0 Å². The summed E-state index contributed by atoms with van der Waals surface area (Å²) in [5.74, 6) is 0. The summed E-state index contributed by atoms with van der Waals surface area (Å²) >= 11 is 0. The quantitative estimate of drug-likeness (QED) is 0.674. The molecule has 0 atom stereocenters. The van der Waals surface area contributed by atoms with Gasteiger partial charge in [0.2, 0.25) is 0 Å². The van der Waals surface area contributed by atoms with Crippen molar-refractivity contribution in [2.75, 3.05) is 0 Å². The zero-order valence-corrected chi connectivity index (χ0v) is 7.36. The molecule has 0 aliphatic heterocycles. The van der Waals surface area contributed by atoms with Gasteiger partial charge in [-0.05, 0) is 6.07 Å². The highest BCUT2D eigenvalue weighted by atomic mass is 16.5. The minimum atomic E-state index is 0.414. The number of benzene rings is 1. The molecular formula is C9H11N3O. The predicted molar refractivity (Wildman–Crippen MR) is 49.3 cm³/mol. The highest BCUT2D eigenvalue weighted by Gasteiger charge is 2.06. The number of nitrogens with one attached hydrogen (secondary N) is 1. The highest BCUT2D eigenvalue weighted by Crippen LogP contribution is 2.16. The van der Waals surface area contributed by atoms with Crippen molar-refractivity contribution in [1.29, 1.82) is 0 Å². The molecule has 0 aliphatic rings. The van der Waals surface area contributed by atoms with Crippen LogP contribution in [0.25, 0.3) is 10.9 Å². The molecule has 0 saturated carbocycles. The second-order valence-corrected chi connectivity index (χ2v) is 2.92. The SMILES string of the molecule is Cn1nc2ccccc2c1CNO. The second kappa shape index (κ2) is 3.16. The Morgan fingerprint density at radius 1 is 1.46 bits per heavy atom. The Bertz CT molecular complexity index is 422. The van der Waals surface area contributed by atoms with Crippen LogP contribution in [0, 0.1) is 0 Å². The van der Waals surface area contributed by atoms with E-state index in [1.807, 2.05) is 31.3 Å². The van der Waals surface area contributed by atoms with Crippen molar-refractivity contribution in [3.05, 3.63) is 30.0 Å². The average molecular weight is 177 g/mol. The van der Waals surface area contributed by atoms with Crippen LogP contribution in [0.1, 0.15) is 5.69 Å². The largest absolute Gasteiger partial charge is 0.316 e. The molecule has 4 heteroatoms. The van der Waals surface area contributed by atoms with E-state index in [2.05, 4.69) is 10.6 Å². The lowest BCUT2D eigenvalue weighted by molar-refractivity contribution is 0.159. The fraction of sp³-hybridized carbons (Fsp3) is 0.222. The Balaban J connectivity index is 2.64. The molecule has 2 N–H and O–H groups in total. The molecule has 0 bridgehead atoms. The van der Waals surface area contributed by atoms with Gasteiger partial charge in [-0.2, -0.15) is 10.6 Å². The van der Waals surface area contributed by atoms with E-state index in [4.69, 9.17) is 5.21 Å². The first kappa shape index (κ1) is 8.22. The van der Waals surface area contributed by atoms with E-state index < -0.39 is 0 Å². The summed E-state index contributed by atoms with van der Waals surface area (Å²) in [6, 6.07) is 7.86. The summed E-state index contributed by atoms with van der Waals surface area (Å²) in [6.45, 7) is 0.414. The number of fused-ring (bicyclic) bond motifs is 1. The van der Waals surface area contributed by atoms with Crippen LogP contribution < -0.4 is 5.48 Å². The molecule has 0 aliphatic carbocycles. The third-order valence-electron chi connectivity index (χ3n) is 2.11. The Kier molecular flexibility index (Phi) is 2.00. The normalized spacial score (nSPS) is 10.9. The van der Waals surface area contributed by atoms with Crippen LogP contribution in [0.4, 0.5) is 0 Å². The summed E-state index contributed by atoms with van der Waals surface area (Å²) in [6.07, 6.45) is 0. The zero-order valence-electron chi connectivity index (χ0n) is 7.36. The Hall–Kier alpha value is -1.39. The van der Waals surface area contributed by atoms with Crippen LogP contribution in [-0.4, -0.2) is 15.0 Å². The molecule has 1 heterocycles. The Labute approximate surface area is 75.7 Å². The van der Waals surface area contributed by atoms with E-state index in [0.717, 1.165) is 16.6 Å². The molecule has 0 amide bonds. The minimum Gasteiger partial charge on any atom is -0.316 e. The number of aryl methyl sites for hydroxylation is 1. The fourth-order valence-corrected chi connectivity index (χ4v) is 1.49. The first-order valence-corrected chi connectivity index (χ1v) is 4.10. The number of rotatable bonds is 2. The summed E-state index contributed by atoms with van der Waals surface area (Å²) < 4.78 is 1.77. The van der Waals surface area contributed by atoms with Crippen LogP contribution in [0.2, 0.25) is 0 Å². The second-order valence-electron chi connectivity index (χ2n) is 2.92. The maximum Gasteiger partial charge on any atom is 0.0926 e. The summed E-state index contributed by atoms with van der Waals surface area (Å²) in [5.41, 5.74) is 4.08. The van der Waals surface area contributed by atoms with Crippen molar-refractivity contribution in [1.82, 2.24) is 15.3 Å². The van der Waals surface area contributed by atoms with Gasteiger partial charge in [0, 0.05) is 12.4 Å². The van der Waals surface area contributed by atoms with Crippen molar-refractivity contribution in [3.63, 3.8) is 0 Å². The summed E-state index contributed by atoms with van der Waals surface area (Å²) in [4.78, 5) is 0. The van der Waals surface area contributed by atoms with Crippen LogP contribution in [0.5, 0.6) is 0 Å². The third-order valence-corrected chi connectivity index (χ3v) is 2.11. The van der Waals surface area contributed by atoms with Crippen LogP contribution >= 0.6 is 0 Å². The van der Waals surface area contributed by atoms with Gasteiger partial charge in [-0.3, -0.25) is 4.68 Å². The van der Waals surface area contributed by atoms with Gasteiger partial charge in [0.15, 0.2) is 0 Å². The molecule has 0 radical (unpaired) electrons. The van der Waals surface area contributed by atoms with Crippen molar-refractivity contribution < 1.29 is 5.21 Å². The lowest BCUT2D eigenvalue weighted by atomic mass is 10.2. The smallest absolute Gasteiger partial charge is 0.0926 e. The molecule has 0 unspecified atom stereocenters. The minimum absolute atomic E-state index is 0.414. The summed E-state index contributed by atoms with van der Waals surface area (Å²) in [5, 5.41) is 14.0. The number of aromatic nitrogens is 2. The average Bonchev–Trinajstić information content (AvgIpc) is 2.44. The number of nitrogens with zero attached hydrogens (tertiary/aromatic N) is 2. The first-order valence-electron chi connectivity index (χ1n) is 4.10. The highest BCUT2D eigenvalue weighted by molar-refractivity contribution is 5.81. The molecule has 0 fully saturated rings. The molecule has 68 valence electrons. The number of hydroxylamine groups is 1. The molecule has 2 rings (SSSR count). The van der Waals surface area contributed by atoms with Crippen molar-refractivity contribution in [2.45, 2.75) is 6.54 Å². The molecule has 2 aromatic rings. The van der Waals surface area contributed by atoms with Gasteiger partial charge in [-0.25, -0.2) is 0 Å². The Morgan fingerprint density at radius 2 is 2.23 bits per heavy atom. The van der Waals surface area contributed by atoms with Gasteiger partial charge < -0.3 is 5.21 Å². The monoisotopic (exact) mass is 177 g/mol. The molecule has 4 nitrogen and oxygen atoms in total. The summed E-state index contributed by atoms with van der Waals surface area (Å²) in [7, 11) is 1.87. The van der Waals surface area contributed by atoms with Crippen LogP contribution in [0.15, 0.2) is 24.3 Å². The van der Waals surface area contributed by atoms with E-state index in [1.165, 1.54) is 0 Å². The zero-order chi connectivity index (χ0) is 9.26. The number of hydrogen-bond donors (Lipinski definition) is 2. The van der Waals surface area contributed by atoms with Crippen molar-refractivity contribution in [2.24, 2.45) is 7.05 Å². The van der Waals surface area contributed by atoms with Gasteiger partial charge >= 0.3 is 0 Å². The predicted octanol–water partition coefficient (Wildman–Crippen LogP) is 1.05. The maximum absolute atomic E-state index is 8.63. The molecule has 1 aromatic carbocycles. The first-order chi connectivity index (χ1) is 6.33. The van der Waals surface area contributed by atoms with Gasteiger partial charge in [-0.1, -0.05) is 18.2 Å². The third kappa shape index (κ3) is 1.30. The van der Waals surface area contributed by atoms with Gasteiger partial charge in [0.1, 0.15) is 0 Å². The lowest BCUT2D eigenvalue weighted by Gasteiger charge is -1.99. The van der Waals surface area contributed by atoms with Crippen LogP contribution in [-0.2, 0) is 13.6 Å². The molecule has 13 heavy (non-hydrogen) atoms. The van der Waals surface area contributed by atoms with E-state index >= 15 is 0 Å². The van der Waals surface area contributed by atoms with E-state index in [9.17, 15) is 0 Å². The van der Waals surface area contributed by atoms with Gasteiger partial charge in [0.25, 0.3) is 0 Å². The van der Waals surface area contributed by atoms with Crippen molar-refractivity contribution >= 4 is 10.9 Å². The van der Waals surface area contributed by atoms with Crippen molar-refractivity contribution in [3.8, 4) is 0 Å². The molecule has 0 spiro atoms. The van der Waals surface area contributed by atoms with Gasteiger partial charge in [0.05, 0.1) is 17.8 Å². The van der Waals surface area contributed by atoms with E-state index in [1.54, 1.807) is 4.68 Å². The molecular weight excluding hydrogens is 166 g/mol. The lowest BCUT2D eigenvalue weighted by Crippen LogP contribution is -2.10. The molecule has 1 aromatic heterocycles. The van der Waals surface area contributed by atoms with E-state index in [-0.39, 0.29) is 0 Å². The Morgan fingerprint density at radius 3 is 3.00 bits per heavy atom. The standard InChI is InChI=1S/C9H11N3O/c1-12-9(6-10-13)7-4-2-3-5-8(7)11-12/h2-5,10,13H,6H2,1H3. The fourth-order valence-electron chi connectivity index (χ4n) is 1.49. The topological polar surface area (TPSA) is 50.1 Å². The van der Waals surface area contributed by atoms with Crippen LogP contribution in [0.3, 0.4) is 0 Å². The maximum atomic E-state index is 8.63.